The lowest BCUT2D eigenvalue weighted by molar-refractivity contribution is 0.397. The van der Waals surface area contributed by atoms with Crippen molar-refractivity contribution in [3.05, 3.63) is 0 Å². The van der Waals surface area contributed by atoms with Crippen molar-refractivity contribution in [3.8, 4) is 0 Å². The highest BCUT2D eigenvalue weighted by atomic mass is 32.2. The van der Waals surface area contributed by atoms with E-state index in [1.807, 2.05) is 13.8 Å². The van der Waals surface area contributed by atoms with Crippen LogP contribution in [0.2, 0.25) is 0 Å². The number of nitrogens with zero attached hydrogens (tertiary/aromatic N) is 1. The SMILES string of the molecule is CCCN(CCC)S(=O)(=O)NC(C)CN. The Kier molecular flexibility index (Phi) is 7.08. The van der Waals surface area contributed by atoms with Gasteiger partial charge in [0.05, 0.1) is 0 Å². The normalized spacial score (nSPS) is 14.5. The van der Waals surface area contributed by atoms with Crippen LogP contribution in [0.5, 0.6) is 0 Å². The van der Waals surface area contributed by atoms with Crippen molar-refractivity contribution in [2.24, 2.45) is 5.73 Å². The maximum Gasteiger partial charge on any atom is 0.279 e. The summed E-state index contributed by atoms with van der Waals surface area (Å²) in [5.74, 6) is 0. The van der Waals surface area contributed by atoms with E-state index in [1.165, 1.54) is 4.31 Å². The summed E-state index contributed by atoms with van der Waals surface area (Å²) in [5, 5.41) is 0. The highest BCUT2D eigenvalue weighted by molar-refractivity contribution is 7.87. The van der Waals surface area contributed by atoms with E-state index in [9.17, 15) is 8.42 Å². The molecule has 0 aromatic heterocycles. The third-order valence-corrected chi connectivity index (χ3v) is 3.73. The highest BCUT2D eigenvalue weighted by Crippen LogP contribution is 2.02. The summed E-state index contributed by atoms with van der Waals surface area (Å²) in [7, 11) is -3.35. The first kappa shape index (κ1) is 14.8. The molecule has 0 fully saturated rings. The van der Waals surface area contributed by atoms with Crippen LogP contribution in [0.4, 0.5) is 0 Å². The van der Waals surface area contributed by atoms with Crippen LogP contribution in [-0.4, -0.2) is 38.4 Å². The van der Waals surface area contributed by atoms with Crippen LogP contribution in [0, 0.1) is 0 Å². The van der Waals surface area contributed by atoms with Gasteiger partial charge in [-0.1, -0.05) is 13.8 Å². The van der Waals surface area contributed by atoms with Crippen molar-refractivity contribution in [1.82, 2.24) is 9.03 Å². The first-order chi connectivity index (χ1) is 6.97. The van der Waals surface area contributed by atoms with E-state index in [1.54, 1.807) is 6.92 Å². The second-order valence-electron chi connectivity index (χ2n) is 3.66. The molecule has 0 aliphatic carbocycles. The van der Waals surface area contributed by atoms with Crippen LogP contribution in [0.3, 0.4) is 0 Å². The van der Waals surface area contributed by atoms with Crippen molar-refractivity contribution in [2.75, 3.05) is 19.6 Å². The summed E-state index contributed by atoms with van der Waals surface area (Å²) in [5.41, 5.74) is 5.38. The third kappa shape index (κ3) is 5.46. The average Bonchev–Trinajstić information content (AvgIpc) is 2.16. The van der Waals surface area contributed by atoms with Crippen LogP contribution in [0.15, 0.2) is 0 Å². The first-order valence-electron chi connectivity index (χ1n) is 5.45. The average molecular weight is 237 g/mol. The predicted octanol–water partition coefficient (Wildman–Crippen LogP) is 0.290. The van der Waals surface area contributed by atoms with Gasteiger partial charge in [0.25, 0.3) is 10.2 Å². The van der Waals surface area contributed by atoms with E-state index >= 15 is 0 Å². The molecule has 5 nitrogen and oxygen atoms in total. The fourth-order valence-electron chi connectivity index (χ4n) is 1.23. The molecular formula is C9H23N3O2S. The summed E-state index contributed by atoms with van der Waals surface area (Å²) in [6.45, 7) is 7.11. The number of hydrogen-bond donors (Lipinski definition) is 2. The van der Waals surface area contributed by atoms with Crippen LogP contribution in [0.25, 0.3) is 0 Å². The Morgan fingerprint density at radius 2 is 1.73 bits per heavy atom. The molecule has 3 N–H and O–H groups in total. The van der Waals surface area contributed by atoms with Gasteiger partial charge in [-0.3, -0.25) is 0 Å². The summed E-state index contributed by atoms with van der Waals surface area (Å²) in [6.07, 6.45) is 1.63. The van der Waals surface area contributed by atoms with Gasteiger partial charge >= 0.3 is 0 Å². The number of rotatable bonds is 8. The van der Waals surface area contributed by atoms with Crippen molar-refractivity contribution in [2.45, 2.75) is 39.7 Å². The molecule has 0 bridgehead atoms. The van der Waals surface area contributed by atoms with E-state index in [-0.39, 0.29) is 6.04 Å². The third-order valence-electron chi connectivity index (χ3n) is 1.99. The molecule has 1 unspecified atom stereocenters. The van der Waals surface area contributed by atoms with Crippen LogP contribution >= 0.6 is 0 Å². The lowest BCUT2D eigenvalue weighted by atomic mass is 10.4. The van der Waals surface area contributed by atoms with Crippen molar-refractivity contribution in [1.29, 1.82) is 0 Å². The Bertz CT molecular complexity index is 248. The molecule has 0 aromatic carbocycles. The van der Waals surface area contributed by atoms with Gasteiger partial charge in [0.2, 0.25) is 0 Å². The van der Waals surface area contributed by atoms with Crippen LogP contribution in [0.1, 0.15) is 33.6 Å². The van der Waals surface area contributed by atoms with Crippen molar-refractivity contribution < 1.29 is 8.42 Å². The zero-order valence-electron chi connectivity index (χ0n) is 9.86. The van der Waals surface area contributed by atoms with Crippen LogP contribution in [-0.2, 0) is 10.2 Å². The molecular weight excluding hydrogens is 214 g/mol. The zero-order valence-corrected chi connectivity index (χ0v) is 10.7. The smallest absolute Gasteiger partial charge is 0.279 e. The molecule has 0 heterocycles. The second-order valence-corrected chi connectivity index (χ2v) is 5.36. The number of nitrogens with two attached hydrogens (primary N) is 1. The Morgan fingerprint density at radius 3 is 2.07 bits per heavy atom. The maximum absolute atomic E-state index is 11.8. The zero-order chi connectivity index (χ0) is 11.9. The van der Waals surface area contributed by atoms with E-state index in [4.69, 9.17) is 5.73 Å². The molecule has 1 atom stereocenters. The summed E-state index contributed by atoms with van der Waals surface area (Å²) in [6, 6.07) is -0.216. The molecule has 0 radical (unpaired) electrons. The van der Waals surface area contributed by atoms with E-state index in [0.717, 1.165) is 12.8 Å². The molecule has 0 saturated heterocycles. The molecule has 0 aliphatic heterocycles. The molecule has 0 aliphatic rings. The Hall–Kier alpha value is -0.170. The minimum atomic E-state index is -3.35. The van der Waals surface area contributed by atoms with Gasteiger partial charge < -0.3 is 5.73 Å². The molecule has 6 heteroatoms. The van der Waals surface area contributed by atoms with Crippen molar-refractivity contribution in [3.63, 3.8) is 0 Å². The van der Waals surface area contributed by atoms with E-state index in [2.05, 4.69) is 4.72 Å². The minimum absolute atomic E-state index is 0.216. The van der Waals surface area contributed by atoms with Gasteiger partial charge in [-0.25, -0.2) is 0 Å². The summed E-state index contributed by atoms with van der Waals surface area (Å²) < 4.78 is 27.7. The lowest BCUT2D eigenvalue weighted by Gasteiger charge is -2.23. The van der Waals surface area contributed by atoms with Crippen LogP contribution < -0.4 is 10.5 Å². The second kappa shape index (κ2) is 7.16. The maximum atomic E-state index is 11.8. The molecule has 92 valence electrons. The molecule has 0 spiro atoms. The fourth-order valence-corrected chi connectivity index (χ4v) is 2.83. The van der Waals surface area contributed by atoms with Crippen molar-refractivity contribution >= 4 is 10.2 Å². The quantitative estimate of drug-likeness (QED) is 0.637. The van der Waals surface area contributed by atoms with E-state index < -0.39 is 10.2 Å². The molecule has 15 heavy (non-hydrogen) atoms. The standard InChI is InChI=1S/C9H23N3O2S/c1-4-6-12(7-5-2)15(13,14)11-9(3)8-10/h9,11H,4-8,10H2,1-3H3. The fraction of sp³-hybridized carbons (Fsp3) is 1.00. The summed E-state index contributed by atoms with van der Waals surface area (Å²) in [4.78, 5) is 0. The van der Waals surface area contributed by atoms with Gasteiger partial charge in [-0.2, -0.15) is 17.4 Å². The minimum Gasteiger partial charge on any atom is -0.329 e. The largest absolute Gasteiger partial charge is 0.329 e. The monoisotopic (exact) mass is 237 g/mol. The Labute approximate surface area is 93.2 Å². The predicted molar refractivity (Wildman–Crippen MR) is 62.7 cm³/mol. The van der Waals surface area contributed by atoms with Gasteiger partial charge in [-0.05, 0) is 19.8 Å². The topological polar surface area (TPSA) is 75.4 Å². The Morgan fingerprint density at radius 1 is 1.27 bits per heavy atom. The highest BCUT2D eigenvalue weighted by Gasteiger charge is 2.21. The first-order valence-corrected chi connectivity index (χ1v) is 6.89. The molecule has 0 aromatic rings. The molecule has 0 rings (SSSR count). The number of hydrogen-bond acceptors (Lipinski definition) is 3. The Balaban J connectivity index is 4.48. The molecule has 0 saturated carbocycles. The van der Waals surface area contributed by atoms with Gasteiger partial charge in [0.15, 0.2) is 0 Å². The van der Waals surface area contributed by atoms with Gasteiger partial charge in [0, 0.05) is 25.7 Å². The molecule has 0 amide bonds. The van der Waals surface area contributed by atoms with Gasteiger partial charge in [0.1, 0.15) is 0 Å². The van der Waals surface area contributed by atoms with E-state index in [0.29, 0.717) is 19.6 Å². The number of nitrogens with one attached hydrogen (secondary N) is 1. The lowest BCUT2D eigenvalue weighted by Crippen LogP contribution is -2.47. The van der Waals surface area contributed by atoms with Gasteiger partial charge in [-0.15, -0.1) is 0 Å². The summed E-state index contributed by atoms with van der Waals surface area (Å²) >= 11 is 0.